The van der Waals surface area contributed by atoms with Gasteiger partial charge in [0.1, 0.15) is 5.75 Å². The number of hydrogen-bond donors (Lipinski definition) is 0. The number of piperidine rings is 1. The zero-order valence-electron chi connectivity index (χ0n) is 13.6. The van der Waals surface area contributed by atoms with E-state index in [1.807, 2.05) is 32.9 Å². The van der Waals surface area contributed by atoms with E-state index in [9.17, 15) is 4.79 Å². The van der Waals surface area contributed by atoms with Gasteiger partial charge in [0.05, 0.1) is 6.61 Å². The highest BCUT2D eigenvalue weighted by atomic mass is 16.5. The van der Waals surface area contributed by atoms with Gasteiger partial charge in [-0.3, -0.25) is 4.79 Å². The highest BCUT2D eigenvalue weighted by Crippen LogP contribution is 2.24. The van der Waals surface area contributed by atoms with E-state index in [4.69, 9.17) is 4.74 Å². The third-order valence-corrected chi connectivity index (χ3v) is 4.23. The van der Waals surface area contributed by atoms with Gasteiger partial charge in [-0.25, -0.2) is 0 Å². The second-order valence-electron chi connectivity index (χ2n) is 5.94. The van der Waals surface area contributed by atoms with Gasteiger partial charge in [0, 0.05) is 18.5 Å². The molecule has 3 nitrogen and oxygen atoms in total. The topological polar surface area (TPSA) is 29.5 Å². The minimum Gasteiger partial charge on any atom is -0.494 e. The van der Waals surface area contributed by atoms with Gasteiger partial charge < -0.3 is 9.64 Å². The fourth-order valence-electron chi connectivity index (χ4n) is 2.98. The maximum atomic E-state index is 12.5. The molecule has 0 saturated carbocycles. The van der Waals surface area contributed by atoms with Gasteiger partial charge >= 0.3 is 0 Å². The van der Waals surface area contributed by atoms with Crippen LogP contribution in [-0.2, 0) is 0 Å². The van der Waals surface area contributed by atoms with Crippen LogP contribution >= 0.6 is 0 Å². The lowest BCUT2D eigenvalue weighted by atomic mass is 9.99. The van der Waals surface area contributed by atoms with Crippen LogP contribution < -0.4 is 4.74 Å². The lowest BCUT2D eigenvalue weighted by molar-refractivity contribution is 0.0958. The quantitative estimate of drug-likeness (QED) is 0.747. The van der Waals surface area contributed by atoms with Gasteiger partial charge in [0.2, 0.25) is 0 Å². The van der Waals surface area contributed by atoms with Gasteiger partial charge in [0.15, 0.2) is 5.78 Å². The summed E-state index contributed by atoms with van der Waals surface area (Å²) in [5.41, 5.74) is 2.92. The summed E-state index contributed by atoms with van der Waals surface area (Å²) in [5.74, 6) is 1.15. The Balaban J connectivity index is 1.99. The van der Waals surface area contributed by atoms with Crippen LogP contribution in [0.25, 0.3) is 0 Å². The molecular weight excluding hydrogens is 262 g/mol. The molecule has 0 amide bonds. The molecule has 0 N–H and O–H groups in total. The van der Waals surface area contributed by atoms with Crippen molar-refractivity contribution in [3.63, 3.8) is 0 Å². The van der Waals surface area contributed by atoms with Gasteiger partial charge in [-0.1, -0.05) is 6.42 Å². The zero-order chi connectivity index (χ0) is 15.2. The highest BCUT2D eigenvalue weighted by Gasteiger charge is 2.15. The molecule has 1 heterocycles. The number of nitrogens with zero attached hydrogens (tertiary/aromatic N) is 1. The summed E-state index contributed by atoms with van der Waals surface area (Å²) >= 11 is 0. The molecule has 0 radical (unpaired) electrons. The Morgan fingerprint density at radius 3 is 2.52 bits per heavy atom. The number of rotatable bonds is 6. The molecular formula is C18H27NO2. The van der Waals surface area contributed by atoms with Gasteiger partial charge in [0.25, 0.3) is 0 Å². The van der Waals surface area contributed by atoms with E-state index in [1.165, 1.54) is 19.3 Å². The second-order valence-corrected chi connectivity index (χ2v) is 5.94. The molecule has 1 saturated heterocycles. The van der Waals surface area contributed by atoms with Crippen LogP contribution in [-0.4, -0.2) is 36.9 Å². The first-order valence-electron chi connectivity index (χ1n) is 8.11. The predicted molar refractivity (Wildman–Crippen MR) is 86.3 cm³/mol. The largest absolute Gasteiger partial charge is 0.494 e. The Hall–Kier alpha value is -1.35. The third-order valence-electron chi connectivity index (χ3n) is 4.23. The van der Waals surface area contributed by atoms with E-state index in [1.54, 1.807) is 0 Å². The summed E-state index contributed by atoms with van der Waals surface area (Å²) in [6.45, 7) is 9.82. The van der Waals surface area contributed by atoms with E-state index in [0.29, 0.717) is 13.0 Å². The number of carbonyl (C=O) groups excluding carboxylic acids is 1. The molecule has 1 aromatic carbocycles. The first kappa shape index (κ1) is 16.0. The Morgan fingerprint density at radius 1 is 1.14 bits per heavy atom. The van der Waals surface area contributed by atoms with Crippen molar-refractivity contribution in [1.82, 2.24) is 4.90 Å². The smallest absolute Gasteiger partial charge is 0.164 e. The second kappa shape index (κ2) is 7.60. The maximum absolute atomic E-state index is 12.5. The molecule has 0 unspecified atom stereocenters. The first-order valence-corrected chi connectivity index (χ1v) is 8.11. The molecule has 21 heavy (non-hydrogen) atoms. The average molecular weight is 289 g/mol. The van der Waals surface area contributed by atoms with Crippen LogP contribution in [0.3, 0.4) is 0 Å². The zero-order valence-corrected chi connectivity index (χ0v) is 13.6. The summed E-state index contributed by atoms with van der Waals surface area (Å²) in [7, 11) is 0. The molecule has 0 aromatic heterocycles. The summed E-state index contributed by atoms with van der Waals surface area (Å²) in [5, 5.41) is 0. The van der Waals surface area contributed by atoms with Crippen LogP contribution in [0.2, 0.25) is 0 Å². The molecule has 0 aliphatic carbocycles. The standard InChI is InChI=1S/C18H27NO2/c1-4-21-18-13-14(2)16(12-15(18)3)17(20)8-11-19-9-6-5-7-10-19/h12-13H,4-11H2,1-3H3. The van der Waals surface area contributed by atoms with Crippen LogP contribution in [0, 0.1) is 13.8 Å². The number of carbonyl (C=O) groups is 1. The van der Waals surface area contributed by atoms with Gasteiger partial charge in [-0.15, -0.1) is 0 Å². The highest BCUT2D eigenvalue weighted by molar-refractivity contribution is 5.98. The minimum atomic E-state index is 0.254. The molecule has 0 spiro atoms. The fraction of sp³-hybridized carbons (Fsp3) is 0.611. The summed E-state index contributed by atoms with van der Waals surface area (Å²) in [6.07, 6.45) is 4.50. The van der Waals surface area contributed by atoms with E-state index in [2.05, 4.69) is 4.90 Å². The van der Waals surface area contributed by atoms with E-state index in [-0.39, 0.29) is 5.78 Å². The molecule has 1 aliphatic rings. The molecule has 116 valence electrons. The van der Waals surface area contributed by atoms with Crippen molar-refractivity contribution in [2.24, 2.45) is 0 Å². The Labute approximate surface area is 128 Å². The Bertz CT molecular complexity index is 490. The number of likely N-dealkylation sites (tertiary alicyclic amines) is 1. The van der Waals surface area contributed by atoms with Crippen LogP contribution in [0.5, 0.6) is 5.75 Å². The lowest BCUT2D eigenvalue weighted by Crippen LogP contribution is -2.31. The summed E-state index contributed by atoms with van der Waals surface area (Å²) in [6, 6.07) is 3.98. The van der Waals surface area contributed by atoms with Gasteiger partial charge in [-0.05, 0) is 70.0 Å². The van der Waals surface area contributed by atoms with Crippen LogP contribution in [0.15, 0.2) is 12.1 Å². The predicted octanol–water partition coefficient (Wildman–Crippen LogP) is 3.76. The minimum absolute atomic E-state index is 0.254. The third kappa shape index (κ3) is 4.31. The molecule has 3 heteroatoms. The SMILES string of the molecule is CCOc1cc(C)c(C(=O)CCN2CCCCC2)cc1C. The van der Waals surface area contributed by atoms with Crippen molar-refractivity contribution in [1.29, 1.82) is 0 Å². The molecule has 0 atom stereocenters. The monoisotopic (exact) mass is 289 g/mol. The molecule has 1 fully saturated rings. The normalized spacial score (nSPS) is 16.0. The number of aryl methyl sites for hydroxylation is 2. The van der Waals surface area contributed by atoms with Crippen molar-refractivity contribution in [2.75, 3.05) is 26.2 Å². The number of hydrogen-bond acceptors (Lipinski definition) is 3. The summed E-state index contributed by atoms with van der Waals surface area (Å²) in [4.78, 5) is 14.9. The van der Waals surface area contributed by atoms with Gasteiger partial charge in [-0.2, -0.15) is 0 Å². The van der Waals surface area contributed by atoms with E-state index in [0.717, 1.165) is 42.1 Å². The number of ketones is 1. The summed E-state index contributed by atoms with van der Waals surface area (Å²) < 4.78 is 5.59. The van der Waals surface area contributed by atoms with E-state index < -0.39 is 0 Å². The van der Waals surface area contributed by atoms with E-state index >= 15 is 0 Å². The van der Waals surface area contributed by atoms with Crippen molar-refractivity contribution >= 4 is 5.78 Å². The van der Waals surface area contributed by atoms with Crippen molar-refractivity contribution in [3.05, 3.63) is 28.8 Å². The molecule has 1 aromatic rings. The van der Waals surface area contributed by atoms with Crippen LogP contribution in [0.1, 0.15) is 54.1 Å². The van der Waals surface area contributed by atoms with Crippen molar-refractivity contribution in [3.8, 4) is 5.75 Å². The first-order chi connectivity index (χ1) is 10.1. The van der Waals surface area contributed by atoms with Crippen LogP contribution in [0.4, 0.5) is 0 Å². The molecule has 0 bridgehead atoms. The number of Topliss-reactive ketones (excluding diaryl/α,β-unsaturated/α-hetero) is 1. The maximum Gasteiger partial charge on any atom is 0.164 e. The van der Waals surface area contributed by atoms with Crippen molar-refractivity contribution < 1.29 is 9.53 Å². The average Bonchev–Trinajstić information content (AvgIpc) is 2.49. The Morgan fingerprint density at radius 2 is 1.86 bits per heavy atom. The number of benzene rings is 1. The van der Waals surface area contributed by atoms with Crippen molar-refractivity contribution in [2.45, 2.75) is 46.5 Å². The fourth-order valence-corrected chi connectivity index (χ4v) is 2.98. The lowest BCUT2D eigenvalue weighted by Gasteiger charge is -2.26. The molecule has 1 aliphatic heterocycles. The molecule has 2 rings (SSSR count). The number of ether oxygens (including phenoxy) is 1. The Kier molecular flexibility index (Phi) is 5.80.